The van der Waals surface area contributed by atoms with E-state index >= 15 is 0 Å². The summed E-state index contributed by atoms with van der Waals surface area (Å²) in [6.45, 7) is 0. The minimum atomic E-state index is -0.212. The maximum Gasteiger partial charge on any atom is 0.133 e. The van der Waals surface area contributed by atoms with Gasteiger partial charge in [-0.15, -0.1) is 0 Å². The number of alkyl halides is 1. The summed E-state index contributed by atoms with van der Waals surface area (Å²) in [5, 5.41) is 1.18. The molecule has 0 amide bonds. The molecule has 0 saturated carbocycles. The zero-order valence-electron chi connectivity index (χ0n) is 11.3. The first-order chi connectivity index (χ1) is 9.99. The van der Waals surface area contributed by atoms with Gasteiger partial charge in [-0.05, 0) is 40.2 Å². The second-order valence-corrected chi connectivity index (χ2v) is 6.81. The molecule has 0 radical (unpaired) electrons. The molecule has 0 aliphatic carbocycles. The van der Waals surface area contributed by atoms with Gasteiger partial charge in [-0.2, -0.15) is 0 Å². The van der Waals surface area contributed by atoms with E-state index in [-0.39, 0.29) is 4.83 Å². The van der Waals surface area contributed by atoms with Crippen molar-refractivity contribution in [3.8, 4) is 11.5 Å². The number of hydrogen-bond acceptors (Lipinski definition) is 2. The fourth-order valence-corrected chi connectivity index (χ4v) is 4.21. The fraction of sp³-hybridized carbons (Fsp3) is 0.200. The van der Waals surface area contributed by atoms with Crippen molar-refractivity contribution in [1.29, 1.82) is 0 Å². The normalized spacial score (nSPS) is 12.1. The monoisotopic (exact) mass is 452 g/mol. The first kappa shape index (κ1) is 16.9. The lowest BCUT2D eigenvalue weighted by Gasteiger charge is -2.19. The van der Waals surface area contributed by atoms with Gasteiger partial charge in [0.05, 0.1) is 23.5 Å². The topological polar surface area (TPSA) is 18.5 Å². The van der Waals surface area contributed by atoms with Crippen molar-refractivity contribution in [2.45, 2.75) is 4.83 Å². The molecule has 2 rings (SSSR count). The Balaban J connectivity index is 2.59. The third-order valence-electron chi connectivity index (χ3n) is 3.03. The first-order valence-electron chi connectivity index (χ1n) is 5.99. The predicted octanol–water partition coefficient (Wildman–Crippen LogP) is 6.26. The van der Waals surface area contributed by atoms with E-state index in [0.29, 0.717) is 21.5 Å². The summed E-state index contributed by atoms with van der Waals surface area (Å²) in [7, 11) is 3.23. The molecule has 112 valence electrons. The highest BCUT2D eigenvalue weighted by Gasteiger charge is 2.22. The molecule has 2 nitrogen and oxygen atoms in total. The summed E-state index contributed by atoms with van der Waals surface area (Å²) in [4.78, 5) is -0.212. The van der Waals surface area contributed by atoms with E-state index in [2.05, 4.69) is 31.9 Å². The number of halogens is 4. The van der Waals surface area contributed by atoms with Crippen LogP contribution in [0.4, 0.5) is 0 Å². The second-order valence-electron chi connectivity index (χ2n) is 4.23. The standard InChI is InChI=1S/C15H12Br2Cl2O2/c1-20-12-7-9(16)13(21-2)6-8(12)15(17)14-10(18)4-3-5-11(14)19/h3-7,15H,1-2H3. The van der Waals surface area contributed by atoms with Crippen LogP contribution in [0.1, 0.15) is 16.0 Å². The highest BCUT2D eigenvalue weighted by atomic mass is 79.9. The molecule has 0 aliphatic heterocycles. The van der Waals surface area contributed by atoms with E-state index in [1.54, 1.807) is 26.4 Å². The second kappa shape index (κ2) is 7.23. The summed E-state index contributed by atoms with van der Waals surface area (Å²) >= 11 is 19.7. The summed E-state index contributed by atoms with van der Waals surface area (Å²) < 4.78 is 11.6. The lowest BCUT2D eigenvalue weighted by atomic mass is 10.0. The Kier molecular flexibility index (Phi) is 5.83. The first-order valence-corrected chi connectivity index (χ1v) is 8.45. The molecule has 0 N–H and O–H groups in total. The molecular weight excluding hydrogens is 443 g/mol. The maximum absolute atomic E-state index is 6.28. The lowest BCUT2D eigenvalue weighted by molar-refractivity contribution is 0.397. The van der Waals surface area contributed by atoms with Gasteiger partial charge in [-0.25, -0.2) is 0 Å². The number of methoxy groups -OCH3 is 2. The number of hydrogen-bond donors (Lipinski definition) is 0. The Morgan fingerprint density at radius 3 is 2.10 bits per heavy atom. The van der Waals surface area contributed by atoms with Crippen molar-refractivity contribution in [3.05, 3.63) is 56.0 Å². The quantitative estimate of drug-likeness (QED) is 0.508. The minimum Gasteiger partial charge on any atom is -0.496 e. The molecule has 1 atom stereocenters. The van der Waals surface area contributed by atoms with Crippen LogP contribution in [-0.4, -0.2) is 14.2 Å². The molecule has 1 unspecified atom stereocenters. The molecule has 0 spiro atoms. The molecule has 2 aromatic carbocycles. The Bertz CT molecular complexity index is 642. The smallest absolute Gasteiger partial charge is 0.133 e. The van der Waals surface area contributed by atoms with Gasteiger partial charge in [0.25, 0.3) is 0 Å². The van der Waals surface area contributed by atoms with Crippen LogP contribution in [0, 0.1) is 0 Å². The highest BCUT2D eigenvalue weighted by molar-refractivity contribution is 9.10. The van der Waals surface area contributed by atoms with Gasteiger partial charge in [0.15, 0.2) is 0 Å². The average molecular weight is 455 g/mol. The third kappa shape index (κ3) is 3.50. The summed E-state index contributed by atoms with van der Waals surface area (Å²) in [5.74, 6) is 1.42. The van der Waals surface area contributed by atoms with Crippen molar-refractivity contribution in [2.24, 2.45) is 0 Å². The molecule has 0 heterocycles. The molecule has 0 aromatic heterocycles. The van der Waals surface area contributed by atoms with Gasteiger partial charge in [0.1, 0.15) is 11.5 Å². The molecule has 6 heteroatoms. The number of ether oxygens (including phenoxy) is 2. The average Bonchev–Trinajstić information content (AvgIpc) is 2.46. The molecule has 21 heavy (non-hydrogen) atoms. The number of rotatable bonds is 4. The zero-order valence-corrected chi connectivity index (χ0v) is 16.0. The van der Waals surface area contributed by atoms with Gasteiger partial charge < -0.3 is 9.47 Å². The van der Waals surface area contributed by atoms with E-state index in [9.17, 15) is 0 Å². The van der Waals surface area contributed by atoms with Crippen molar-refractivity contribution in [3.63, 3.8) is 0 Å². The summed E-state index contributed by atoms with van der Waals surface area (Å²) in [6.07, 6.45) is 0. The predicted molar refractivity (Wildman–Crippen MR) is 94.5 cm³/mol. The maximum atomic E-state index is 6.28. The fourth-order valence-electron chi connectivity index (χ4n) is 1.99. The zero-order chi connectivity index (χ0) is 15.6. The summed E-state index contributed by atoms with van der Waals surface area (Å²) in [6, 6.07) is 9.17. The van der Waals surface area contributed by atoms with Gasteiger partial charge in [0, 0.05) is 21.2 Å². The van der Waals surface area contributed by atoms with Gasteiger partial charge in [-0.1, -0.05) is 45.2 Å². The third-order valence-corrected chi connectivity index (χ3v) is 5.26. The van der Waals surface area contributed by atoms with Crippen LogP contribution in [0.3, 0.4) is 0 Å². The van der Waals surface area contributed by atoms with Crippen LogP contribution in [0.5, 0.6) is 11.5 Å². The highest BCUT2D eigenvalue weighted by Crippen LogP contribution is 2.45. The Labute approximate surface area is 150 Å². The van der Waals surface area contributed by atoms with Crippen LogP contribution < -0.4 is 9.47 Å². The van der Waals surface area contributed by atoms with Crippen molar-refractivity contribution in [1.82, 2.24) is 0 Å². The van der Waals surface area contributed by atoms with Crippen LogP contribution in [0.25, 0.3) is 0 Å². The van der Waals surface area contributed by atoms with Gasteiger partial charge in [-0.3, -0.25) is 0 Å². The molecule has 0 aliphatic rings. The van der Waals surface area contributed by atoms with E-state index in [4.69, 9.17) is 32.7 Å². The van der Waals surface area contributed by atoms with E-state index < -0.39 is 0 Å². The minimum absolute atomic E-state index is 0.212. The Morgan fingerprint density at radius 2 is 1.57 bits per heavy atom. The molecule has 0 fully saturated rings. The van der Waals surface area contributed by atoms with Gasteiger partial charge >= 0.3 is 0 Å². The Hall–Kier alpha value is -0.420. The largest absolute Gasteiger partial charge is 0.496 e. The van der Waals surface area contributed by atoms with Crippen molar-refractivity contribution >= 4 is 55.1 Å². The van der Waals surface area contributed by atoms with E-state index in [0.717, 1.165) is 15.6 Å². The SMILES string of the molecule is COc1cc(C(Br)c2c(Cl)cccc2Cl)c(OC)cc1Br. The summed E-state index contributed by atoms with van der Waals surface area (Å²) in [5.41, 5.74) is 1.68. The van der Waals surface area contributed by atoms with Crippen LogP contribution in [0.15, 0.2) is 34.8 Å². The molecule has 0 saturated heterocycles. The van der Waals surface area contributed by atoms with Crippen molar-refractivity contribution < 1.29 is 9.47 Å². The van der Waals surface area contributed by atoms with E-state index in [1.807, 2.05) is 18.2 Å². The Morgan fingerprint density at radius 1 is 1.00 bits per heavy atom. The van der Waals surface area contributed by atoms with Gasteiger partial charge in [0.2, 0.25) is 0 Å². The van der Waals surface area contributed by atoms with Crippen molar-refractivity contribution in [2.75, 3.05) is 14.2 Å². The van der Waals surface area contributed by atoms with Crippen LogP contribution in [0.2, 0.25) is 10.0 Å². The molecule has 0 bridgehead atoms. The number of benzene rings is 2. The molecular formula is C15H12Br2Cl2O2. The van der Waals surface area contributed by atoms with Crippen LogP contribution >= 0.6 is 55.1 Å². The molecule has 2 aromatic rings. The lowest BCUT2D eigenvalue weighted by Crippen LogP contribution is -2.00. The van der Waals surface area contributed by atoms with E-state index in [1.165, 1.54) is 0 Å². The van der Waals surface area contributed by atoms with Crippen LogP contribution in [-0.2, 0) is 0 Å².